The number of rotatable bonds is 8. The standard InChI is InChI=1S/C22H26FN5/c1-2-24-22(27-16-19-9-6-10-20(23)15-19)26-12-11-21-25-13-14-28(21)17-18-7-4-3-5-8-18/h3-10,13-15H,2,11-12,16-17H2,1H3,(H2,24,26,27). The van der Waals surface area contributed by atoms with E-state index in [2.05, 4.69) is 37.3 Å². The predicted octanol–water partition coefficient (Wildman–Crippen LogP) is 3.37. The first-order valence-electron chi connectivity index (χ1n) is 9.55. The fourth-order valence-corrected chi connectivity index (χ4v) is 2.93. The molecule has 0 unspecified atom stereocenters. The molecule has 6 heteroatoms. The first-order chi connectivity index (χ1) is 13.7. The number of benzene rings is 2. The Labute approximate surface area is 165 Å². The third-order valence-electron chi connectivity index (χ3n) is 4.29. The van der Waals surface area contributed by atoms with Crippen LogP contribution in [0.25, 0.3) is 0 Å². The van der Waals surface area contributed by atoms with Crippen LogP contribution in [0.15, 0.2) is 72.0 Å². The van der Waals surface area contributed by atoms with Gasteiger partial charge in [0, 0.05) is 38.4 Å². The smallest absolute Gasteiger partial charge is 0.191 e. The third-order valence-corrected chi connectivity index (χ3v) is 4.29. The Hall–Kier alpha value is -3.15. The molecular formula is C22H26FN5. The lowest BCUT2D eigenvalue weighted by atomic mass is 10.2. The molecule has 0 aliphatic heterocycles. The van der Waals surface area contributed by atoms with Gasteiger partial charge < -0.3 is 15.2 Å². The highest BCUT2D eigenvalue weighted by Gasteiger charge is 2.05. The van der Waals surface area contributed by atoms with Gasteiger partial charge in [0.2, 0.25) is 0 Å². The van der Waals surface area contributed by atoms with E-state index >= 15 is 0 Å². The van der Waals surface area contributed by atoms with Crippen LogP contribution in [0.2, 0.25) is 0 Å². The molecule has 28 heavy (non-hydrogen) atoms. The fraction of sp³-hybridized carbons (Fsp3) is 0.273. The first-order valence-corrected chi connectivity index (χ1v) is 9.55. The lowest BCUT2D eigenvalue weighted by molar-refractivity contribution is 0.625. The molecule has 0 saturated carbocycles. The quantitative estimate of drug-likeness (QED) is 0.466. The fourth-order valence-electron chi connectivity index (χ4n) is 2.93. The Kier molecular flexibility index (Phi) is 7.18. The molecule has 0 atom stereocenters. The molecule has 146 valence electrons. The number of hydrogen-bond donors (Lipinski definition) is 2. The molecular weight excluding hydrogens is 353 g/mol. The van der Waals surface area contributed by atoms with Gasteiger partial charge in [-0.25, -0.2) is 14.4 Å². The van der Waals surface area contributed by atoms with Gasteiger partial charge in [0.1, 0.15) is 11.6 Å². The zero-order valence-corrected chi connectivity index (χ0v) is 16.1. The van der Waals surface area contributed by atoms with Crippen LogP contribution in [0, 0.1) is 5.82 Å². The minimum Gasteiger partial charge on any atom is -0.357 e. The van der Waals surface area contributed by atoms with Gasteiger partial charge in [-0.2, -0.15) is 0 Å². The summed E-state index contributed by atoms with van der Waals surface area (Å²) in [6.45, 7) is 4.73. The maximum atomic E-state index is 13.3. The highest BCUT2D eigenvalue weighted by atomic mass is 19.1. The summed E-state index contributed by atoms with van der Waals surface area (Å²) in [6.07, 6.45) is 4.62. The molecule has 0 bridgehead atoms. The van der Waals surface area contributed by atoms with E-state index < -0.39 is 0 Å². The summed E-state index contributed by atoms with van der Waals surface area (Å²) < 4.78 is 15.5. The van der Waals surface area contributed by atoms with E-state index in [1.54, 1.807) is 6.07 Å². The van der Waals surface area contributed by atoms with Crippen LogP contribution in [0.5, 0.6) is 0 Å². The van der Waals surface area contributed by atoms with Crippen LogP contribution < -0.4 is 10.6 Å². The second-order valence-corrected chi connectivity index (χ2v) is 6.46. The number of hydrogen-bond acceptors (Lipinski definition) is 2. The van der Waals surface area contributed by atoms with Crippen molar-refractivity contribution < 1.29 is 4.39 Å². The normalized spacial score (nSPS) is 11.4. The average molecular weight is 379 g/mol. The summed E-state index contributed by atoms with van der Waals surface area (Å²) in [6, 6.07) is 16.9. The van der Waals surface area contributed by atoms with Crippen molar-refractivity contribution in [2.75, 3.05) is 13.1 Å². The van der Waals surface area contributed by atoms with Crippen LogP contribution in [0.1, 0.15) is 23.9 Å². The summed E-state index contributed by atoms with van der Waals surface area (Å²) in [5.74, 6) is 1.50. The molecule has 0 radical (unpaired) electrons. The van der Waals surface area contributed by atoms with E-state index in [0.29, 0.717) is 19.0 Å². The number of imidazole rings is 1. The largest absolute Gasteiger partial charge is 0.357 e. The van der Waals surface area contributed by atoms with Crippen LogP contribution in [-0.2, 0) is 19.5 Å². The maximum Gasteiger partial charge on any atom is 0.191 e. The second-order valence-electron chi connectivity index (χ2n) is 6.46. The summed E-state index contributed by atoms with van der Waals surface area (Å²) in [7, 11) is 0. The van der Waals surface area contributed by atoms with Gasteiger partial charge in [-0.05, 0) is 30.2 Å². The van der Waals surface area contributed by atoms with Crippen molar-refractivity contribution in [1.29, 1.82) is 0 Å². The van der Waals surface area contributed by atoms with Gasteiger partial charge >= 0.3 is 0 Å². The molecule has 1 aromatic heterocycles. The Balaban J connectivity index is 1.55. The lowest BCUT2D eigenvalue weighted by Crippen LogP contribution is -2.38. The van der Waals surface area contributed by atoms with Crippen LogP contribution in [-0.4, -0.2) is 28.6 Å². The molecule has 0 saturated heterocycles. The second kappa shape index (κ2) is 10.3. The van der Waals surface area contributed by atoms with E-state index in [0.717, 1.165) is 30.9 Å². The number of halogens is 1. The molecule has 0 spiro atoms. The van der Waals surface area contributed by atoms with Crippen molar-refractivity contribution in [3.8, 4) is 0 Å². The van der Waals surface area contributed by atoms with E-state index in [-0.39, 0.29) is 5.82 Å². The SMILES string of the molecule is CCNC(=NCc1cccc(F)c1)NCCc1nccn1Cc1ccccc1. The van der Waals surface area contributed by atoms with Gasteiger partial charge in [-0.3, -0.25) is 0 Å². The first kappa shape index (κ1) is 19.6. The molecule has 1 heterocycles. The van der Waals surface area contributed by atoms with E-state index in [1.807, 2.05) is 43.6 Å². The molecule has 0 fully saturated rings. The number of nitrogens with zero attached hydrogens (tertiary/aromatic N) is 3. The molecule has 3 aromatic rings. The van der Waals surface area contributed by atoms with Crippen molar-refractivity contribution >= 4 is 5.96 Å². The van der Waals surface area contributed by atoms with Crippen LogP contribution in [0.3, 0.4) is 0 Å². The molecule has 0 aliphatic rings. The highest BCUT2D eigenvalue weighted by molar-refractivity contribution is 5.79. The zero-order chi connectivity index (χ0) is 19.6. The van der Waals surface area contributed by atoms with Gasteiger partial charge in [0.15, 0.2) is 5.96 Å². The molecule has 3 rings (SSSR count). The van der Waals surface area contributed by atoms with Gasteiger partial charge in [0.05, 0.1) is 6.54 Å². The van der Waals surface area contributed by atoms with Crippen molar-refractivity contribution in [3.63, 3.8) is 0 Å². The van der Waals surface area contributed by atoms with Gasteiger partial charge in [-0.1, -0.05) is 42.5 Å². The summed E-state index contributed by atoms with van der Waals surface area (Å²) in [5, 5.41) is 6.55. The maximum absolute atomic E-state index is 13.3. The van der Waals surface area contributed by atoms with Gasteiger partial charge in [0.25, 0.3) is 0 Å². The number of aromatic nitrogens is 2. The van der Waals surface area contributed by atoms with E-state index in [1.165, 1.54) is 17.7 Å². The molecule has 0 aliphatic carbocycles. The Morgan fingerprint density at radius 3 is 2.68 bits per heavy atom. The highest BCUT2D eigenvalue weighted by Crippen LogP contribution is 2.06. The van der Waals surface area contributed by atoms with Crippen molar-refractivity contribution in [3.05, 3.63) is 89.8 Å². The monoisotopic (exact) mass is 379 g/mol. The Morgan fingerprint density at radius 1 is 1.07 bits per heavy atom. The predicted molar refractivity (Wildman–Crippen MR) is 111 cm³/mol. The van der Waals surface area contributed by atoms with Crippen molar-refractivity contribution in [1.82, 2.24) is 20.2 Å². The molecule has 2 aromatic carbocycles. The molecule has 5 nitrogen and oxygen atoms in total. The number of aliphatic imine (C=N–C) groups is 1. The van der Waals surface area contributed by atoms with Crippen molar-refractivity contribution in [2.45, 2.75) is 26.4 Å². The molecule has 0 amide bonds. The van der Waals surface area contributed by atoms with E-state index in [4.69, 9.17) is 0 Å². The minimum atomic E-state index is -0.240. The lowest BCUT2D eigenvalue weighted by Gasteiger charge is -2.12. The van der Waals surface area contributed by atoms with Gasteiger partial charge in [-0.15, -0.1) is 0 Å². The molecule has 2 N–H and O–H groups in total. The van der Waals surface area contributed by atoms with Crippen LogP contribution in [0.4, 0.5) is 4.39 Å². The summed E-state index contributed by atoms with van der Waals surface area (Å²) in [4.78, 5) is 9.01. The van der Waals surface area contributed by atoms with Crippen molar-refractivity contribution in [2.24, 2.45) is 4.99 Å². The summed E-state index contributed by atoms with van der Waals surface area (Å²) in [5.41, 5.74) is 2.09. The number of guanidine groups is 1. The Morgan fingerprint density at radius 2 is 1.89 bits per heavy atom. The van der Waals surface area contributed by atoms with Crippen LogP contribution >= 0.6 is 0 Å². The Bertz CT molecular complexity index is 889. The summed E-state index contributed by atoms with van der Waals surface area (Å²) >= 11 is 0. The average Bonchev–Trinajstić information content (AvgIpc) is 3.14. The number of nitrogens with one attached hydrogen (secondary N) is 2. The minimum absolute atomic E-state index is 0.240. The van der Waals surface area contributed by atoms with E-state index in [9.17, 15) is 4.39 Å². The topological polar surface area (TPSA) is 54.2 Å². The third kappa shape index (κ3) is 5.94. The zero-order valence-electron chi connectivity index (χ0n) is 16.1.